The molecule has 0 radical (unpaired) electrons. The maximum absolute atomic E-state index is 10.1. The largest absolute Gasteiger partial charge is 0.464 e. The SMILES string of the molecule is O=C(O)NNC(=S)CSc1ccccc1. The topological polar surface area (TPSA) is 61.4 Å². The average molecular weight is 242 g/mol. The summed E-state index contributed by atoms with van der Waals surface area (Å²) in [7, 11) is 0. The van der Waals surface area contributed by atoms with Crippen molar-refractivity contribution in [1.29, 1.82) is 0 Å². The molecule has 3 N–H and O–H groups in total. The van der Waals surface area contributed by atoms with Crippen LogP contribution in [0.3, 0.4) is 0 Å². The van der Waals surface area contributed by atoms with Gasteiger partial charge in [-0.3, -0.25) is 5.43 Å². The number of benzene rings is 1. The molecule has 15 heavy (non-hydrogen) atoms. The highest BCUT2D eigenvalue weighted by Gasteiger charge is 1.99. The van der Waals surface area contributed by atoms with Crippen LogP contribution in [-0.2, 0) is 0 Å². The van der Waals surface area contributed by atoms with E-state index in [1.165, 1.54) is 0 Å². The standard InChI is InChI=1S/C9H10N2O2S2/c12-9(13)11-10-8(14)6-15-7-4-2-1-3-5-7/h1-5,11H,6H2,(H,10,14)(H,12,13). The molecule has 0 bridgehead atoms. The first-order valence-corrected chi connectivity index (χ1v) is 5.53. The fourth-order valence-electron chi connectivity index (χ4n) is 0.825. The summed E-state index contributed by atoms with van der Waals surface area (Å²) in [6.45, 7) is 0. The van der Waals surface area contributed by atoms with Crippen molar-refractivity contribution >= 4 is 35.1 Å². The molecule has 0 spiro atoms. The number of hydrogen-bond donors (Lipinski definition) is 3. The van der Waals surface area contributed by atoms with Crippen molar-refractivity contribution in [1.82, 2.24) is 10.9 Å². The molecule has 1 rings (SSSR count). The van der Waals surface area contributed by atoms with Gasteiger partial charge < -0.3 is 5.11 Å². The summed E-state index contributed by atoms with van der Waals surface area (Å²) >= 11 is 6.46. The molecule has 0 aliphatic rings. The first-order chi connectivity index (χ1) is 7.18. The molecule has 0 aromatic heterocycles. The highest BCUT2D eigenvalue weighted by atomic mass is 32.2. The van der Waals surface area contributed by atoms with E-state index in [0.29, 0.717) is 10.7 Å². The minimum Gasteiger partial charge on any atom is -0.464 e. The summed E-state index contributed by atoms with van der Waals surface area (Å²) in [4.78, 5) is 11.7. The number of carbonyl (C=O) groups is 1. The second-order valence-corrected chi connectivity index (χ2v) is 4.12. The number of rotatable bonds is 3. The normalized spacial score (nSPS) is 9.33. The van der Waals surface area contributed by atoms with Crippen LogP contribution in [0.2, 0.25) is 0 Å². The van der Waals surface area contributed by atoms with E-state index in [2.05, 4.69) is 5.43 Å². The molecule has 0 unspecified atom stereocenters. The van der Waals surface area contributed by atoms with Crippen molar-refractivity contribution in [3.63, 3.8) is 0 Å². The Balaban J connectivity index is 2.26. The molecule has 0 aliphatic carbocycles. The highest BCUT2D eigenvalue weighted by molar-refractivity contribution is 8.01. The molecular weight excluding hydrogens is 232 g/mol. The van der Waals surface area contributed by atoms with Gasteiger partial charge in [0, 0.05) is 4.90 Å². The van der Waals surface area contributed by atoms with Crippen LogP contribution in [0.1, 0.15) is 0 Å². The zero-order valence-corrected chi connectivity index (χ0v) is 9.40. The molecule has 0 saturated carbocycles. The first kappa shape index (κ1) is 11.8. The Hall–Kier alpha value is -1.27. The van der Waals surface area contributed by atoms with Gasteiger partial charge in [-0.05, 0) is 12.1 Å². The van der Waals surface area contributed by atoms with Gasteiger partial charge in [-0.15, -0.1) is 11.8 Å². The monoisotopic (exact) mass is 242 g/mol. The summed E-state index contributed by atoms with van der Waals surface area (Å²) in [5.41, 5.74) is 4.41. The fraction of sp³-hybridized carbons (Fsp3) is 0.111. The van der Waals surface area contributed by atoms with Crippen LogP contribution in [0.15, 0.2) is 35.2 Å². The van der Waals surface area contributed by atoms with Crippen molar-refractivity contribution < 1.29 is 9.90 Å². The van der Waals surface area contributed by atoms with Crippen molar-refractivity contribution in [3.8, 4) is 0 Å². The van der Waals surface area contributed by atoms with Crippen molar-refractivity contribution in [2.45, 2.75) is 4.90 Å². The second kappa shape index (κ2) is 6.26. The molecule has 4 nitrogen and oxygen atoms in total. The Morgan fingerprint density at radius 3 is 2.60 bits per heavy atom. The molecule has 6 heteroatoms. The summed E-state index contributed by atoms with van der Waals surface area (Å²) in [6.07, 6.45) is -1.15. The molecule has 1 aromatic rings. The van der Waals surface area contributed by atoms with Gasteiger partial charge in [0.05, 0.1) is 5.75 Å². The molecule has 0 fully saturated rings. The predicted molar refractivity (Wildman–Crippen MR) is 64.1 cm³/mol. The van der Waals surface area contributed by atoms with Crippen LogP contribution in [0.25, 0.3) is 0 Å². The zero-order valence-electron chi connectivity index (χ0n) is 7.77. The van der Waals surface area contributed by atoms with Crippen molar-refractivity contribution in [2.75, 3.05) is 5.75 Å². The van der Waals surface area contributed by atoms with E-state index in [-0.39, 0.29) is 0 Å². The van der Waals surface area contributed by atoms with E-state index in [4.69, 9.17) is 17.3 Å². The number of amides is 1. The maximum Gasteiger partial charge on any atom is 0.423 e. The third kappa shape index (κ3) is 5.24. The number of hydrogen-bond acceptors (Lipinski definition) is 3. The zero-order chi connectivity index (χ0) is 11.1. The average Bonchev–Trinajstić information content (AvgIpc) is 2.25. The van der Waals surface area contributed by atoms with E-state index in [9.17, 15) is 4.79 Å². The minimum atomic E-state index is -1.15. The van der Waals surface area contributed by atoms with Gasteiger partial charge >= 0.3 is 6.09 Å². The van der Waals surface area contributed by atoms with Gasteiger partial charge in [0.1, 0.15) is 4.99 Å². The number of carboxylic acid groups (broad SMARTS) is 1. The van der Waals surface area contributed by atoms with Crippen LogP contribution < -0.4 is 10.9 Å². The van der Waals surface area contributed by atoms with Gasteiger partial charge in [-0.1, -0.05) is 30.4 Å². The molecular formula is C9H10N2O2S2. The maximum atomic E-state index is 10.1. The van der Waals surface area contributed by atoms with Gasteiger partial charge in [0.15, 0.2) is 0 Å². The third-order valence-corrected chi connectivity index (χ3v) is 2.89. The lowest BCUT2D eigenvalue weighted by Crippen LogP contribution is -2.40. The minimum absolute atomic E-state index is 0.450. The molecule has 0 heterocycles. The summed E-state index contributed by atoms with van der Waals surface area (Å²) in [6, 6.07) is 9.76. The van der Waals surface area contributed by atoms with E-state index >= 15 is 0 Å². The van der Waals surface area contributed by atoms with E-state index in [1.54, 1.807) is 11.8 Å². The Labute approximate surface area is 97.0 Å². The molecule has 80 valence electrons. The van der Waals surface area contributed by atoms with Crippen molar-refractivity contribution in [3.05, 3.63) is 30.3 Å². The number of hydrazine groups is 1. The Bertz CT molecular complexity index is 343. The number of thioether (sulfide) groups is 1. The lowest BCUT2D eigenvalue weighted by atomic mass is 10.4. The summed E-state index contributed by atoms with van der Waals surface area (Å²) in [5.74, 6) is 0.541. The predicted octanol–water partition coefficient (Wildman–Crippen LogP) is 1.88. The first-order valence-electron chi connectivity index (χ1n) is 4.14. The van der Waals surface area contributed by atoms with Gasteiger partial charge in [0.2, 0.25) is 0 Å². The van der Waals surface area contributed by atoms with Crippen LogP contribution >= 0.6 is 24.0 Å². The molecule has 1 aromatic carbocycles. The van der Waals surface area contributed by atoms with Gasteiger partial charge in [-0.25, -0.2) is 10.2 Å². The molecule has 0 saturated heterocycles. The number of thiocarbonyl (C=S) groups is 1. The van der Waals surface area contributed by atoms with E-state index in [0.717, 1.165) is 4.90 Å². The quantitative estimate of drug-likeness (QED) is 0.429. The molecule has 0 aliphatic heterocycles. The Kier molecular flexibility index (Phi) is 4.92. The Morgan fingerprint density at radius 1 is 1.33 bits per heavy atom. The third-order valence-electron chi connectivity index (χ3n) is 1.42. The van der Waals surface area contributed by atoms with E-state index < -0.39 is 6.09 Å². The van der Waals surface area contributed by atoms with Crippen LogP contribution in [0.5, 0.6) is 0 Å². The highest BCUT2D eigenvalue weighted by Crippen LogP contribution is 2.16. The van der Waals surface area contributed by atoms with Crippen LogP contribution in [0.4, 0.5) is 4.79 Å². The lowest BCUT2D eigenvalue weighted by Gasteiger charge is -2.06. The van der Waals surface area contributed by atoms with Crippen molar-refractivity contribution in [2.24, 2.45) is 0 Å². The summed E-state index contributed by atoms with van der Waals surface area (Å²) in [5, 5.41) is 8.31. The lowest BCUT2D eigenvalue weighted by molar-refractivity contribution is 0.192. The van der Waals surface area contributed by atoms with Gasteiger partial charge in [-0.2, -0.15) is 0 Å². The number of nitrogens with one attached hydrogen (secondary N) is 2. The molecule has 1 amide bonds. The summed E-state index contributed by atoms with van der Waals surface area (Å²) < 4.78 is 0. The Morgan fingerprint density at radius 2 is 2.00 bits per heavy atom. The van der Waals surface area contributed by atoms with Crippen LogP contribution in [-0.4, -0.2) is 21.9 Å². The smallest absolute Gasteiger partial charge is 0.423 e. The molecule has 0 atom stereocenters. The second-order valence-electron chi connectivity index (χ2n) is 2.58. The van der Waals surface area contributed by atoms with Gasteiger partial charge in [0.25, 0.3) is 0 Å². The van der Waals surface area contributed by atoms with E-state index in [1.807, 2.05) is 35.8 Å². The van der Waals surface area contributed by atoms with Crippen LogP contribution in [0, 0.1) is 0 Å². The fourth-order valence-corrected chi connectivity index (χ4v) is 1.77.